The van der Waals surface area contributed by atoms with Crippen molar-refractivity contribution in [3.63, 3.8) is 0 Å². The van der Waals surface area contributed by atoms with E-state index in [-0.39, 0.29) is 0 Å². The number of rotatable bonds is 3. The van der Waals surface area contributed by atoms with Gasteiger partial charge in [0.2, 0.25) is 0 Å². The van der Waals surface area contributed by atoms with Gasteiger partial charge in [-0.3, -0.25) is 4.67 Å². The summed E-state index contributed by atoms with van der Waals surface area (Å²) >= 11 is 0. The van der Waals surface area contributed by atoms with E-state index in [1.807, 2.05) is 0 Å². The Hall–Kier alpha value is -1.37. The molecular weight excluding hydrogens is 287 g/mol. The molecule has 0 amide bonds. The van der Waals surface area contributed by atoms with Crippen molar-refractivity contribution in [2.45, 2.75) is 32.7 Å². The molecule has 0 spiro atoms. The van der Waals surface area contributed by atoms with Crippen molar-refractivity contribution in [1.29, 1.82) is 0 Å². The molecule has 1 heterocycles. The minimum absolute atomic E-state index is 0.571. The second kappa shape index (κ2) is 6.81. The first kappa shape index (κ1) is 15.5. The van der Waals surface area contributed by atoms with Crippen LogP contribution in [0, 0.1) is 13.8 Å². The lowest BCUT2D eigenvalue weighted by atomic mass is 10.0. The molecule has 2 aromatic carbocycles. The number of anilines is 2. The predicted octanol–water partition coefficient (Wildman–Crippen LogP) is 4.70. The molecule has 1 fully saturated rings. The van der Waals surface area contributed by atoms with Crippen molar-refractivity contribution in [2.75, 3.05) is 18.0 Å². The van der Waals surface area contributed by atoms with Crippen molar-refractivity contribution in [1.82, 2.24) is 4.67 Å². The van der Waals surface area contributed by atoms with Crippen LogP contribution in [-0.4, -0.2) is 23.8 Å². The first-order chi connectivity index (χ1) is 10.6. The lowest BCUT2D eigenvalue weighted by molar-refractivity contribution is 0.343. The van der Waals surface area contributed by atoms with Gasteiger partial charge < -0.3 is 4.90 Å². The van der Waals surface area contributed by atoms with Gasteiger partial charge in [-0.05, 0) is 56.5 Å². The maximum atomic E-state index is 2.84. The number of hydrogen-bond acceptors (Lipinski definition) is 2. The highest BCUT2D eigenvalue weighted by Gasteiger charge is 2.24. The third-order valence-corrected chi connectivity index (χ3v) is 4.97. The van der Waals surface area contributed by atoms with Gasteiger partial charge >= 0.3 is 0 Å². The second-order valence-electron chi connectivity index (χ2n) is 6.31. The van der Waals surface area contributed by atoms with Gasteiger partial charge in [-0.1, -0.05) is 39.2 Å². The third kappa shape index (κ3) is 3.51. The summed E-state index contributed by atoms with van der Waals surface area (Å²) in [6, 6.07) is 18.4. The predicted molar refractivity (Wildman–Crippen MR) is 98.8 cm³/mol. The molecule has 0 bridgehead atoms. The summed E-state index contributed by atoms with van der Waals surface area (Å²) in [6.45, 7) is 6.60. The van der Waals surface area contributed by atoms with Crippen LogP contribution >= 0.6 is 9.39 Å². The summed E-state index contributed by atoms with van der Waals surface area (Å²) in [5.41, 5.74) is 5.25. The SMILES string of the molecule is Cc1ccc(N(c2cccc(C)c2)C2CCN(P)CC2)cc1. The fourth-order valence-corrected chi connectivity index (χ4v) is 3.50. The van der Waals surface area contributed by atoms with Crippen LogP contribution in [0.5, 0.6) is 0 Å². The van der Waals surface area contributed by atoms with Gasteiger partial charge in [-0.15, -0.1) is 0 Å². The number of nitrogens with zero attached hydrogens (tertiary/aromatic N) is 2. The molecule has 1 saturated heterocycles. The summed E-state index contributed by atoms with van der Waals surface area (Å²) < 4.78 is 2.35. The summed E-state index contributed by atoms with van der Waals surface area (Å²) in [4.78, 5) is 2.53. The van der Waals surface area contributed by atoms with E-state index in [9.17, 15) is 0 Å². The fourth-order valence-electron chi connectivity index (χ4n) is 3.20. The van der Waals surface area contributed by atoms with Crippen LogP contribution in [0.2, 0.25) is 0 Å². The highest BCUT2D eigenvalue weighted by atomic mass is 31.0. The van der Waals surface area contributed by atoms with Crippen LogP contribution < -0.4 is 4.90 Å². The Kier molecular flexibility index (Phi) is 4.81. The Morgan fingerprint density at radius 3 is 2.23 bits per heavy atom. The molecule has 3 rings (SSSR count). The van der Waals surface area contributed by atoms with Gasteiger partial charge in [0, 0.05) is 30.5 Å². The van der Waals surface area contributed by atoms with Gasteiger partial charge in [-0.2, -0.15) is 0 Å². The van der Waals surface area contributed by atoms with Crippen LogP contribution in [0.15, 0.2) is 48.5 Å². The first-order valence-electron chi connectivity index (χ1n) is 8.06. The Bertz CT molecular complexity index is 616. The Morgan fingerprint density at radius 1 is 0.909 bits per heavy atom. The van der Waals surface area contributed by atoms with Crippen LogP contribution in [0.25, 0.3) is 0 Å². The highest BCUT2D eigenvalue weighted by Crippen LogP contribution is 2.33. The lowest BCUT2D eigenvalue weighted by Gasteiger charge is -2.39. The Balaban J connectivity index is 1.96. The summed E-state index contributed by atoms with van der Waals surface area (Å²) in [6.07, 6.45) is 2.40. The van der Waals surface area contributed by atoms with E-state index in [1.54, 1.807) is 0 Å². The quantitative estimate of drug-likeness (QED) is 0.758. The smallest absolute Gasteiger partial charge is 0.0416 e. The molecule has 1 atom stereocenters. The molecule has 0 aromatic heterocycles. The van der Waals surface area contributed by atoms with E-state index < -0.39 is 0 Å². The normalized spacial score (nSPS) is 16.7. The summed E-state index contributed by atoms with van der Waals surface area (Å²) in [5.74, 6) is 0. The van der Waals surface area contributed by atoms with Gasteiger partial charge in [-0.25, -0.2) is 0 Å². The number of hydrogen-bond donors (Lipinski definition) is 0. The minimum atomic E-state index is 0.571. The third-order valence-electron chi connectivity index (χ3n) is 4.46. The zero-order chi connectivity index (χ0) is 15.5. The monoisotopic (exact) mass is 312 g/mol. The van der Waals surface area contributed by atoms with Crippen molar-refractivity contribution < 1.29 is 0 Å². The van der Waals surface area contributed by atoms with E-state index >= 15 is 0 Å². The summed E-state index contributed by atoms with van der Waals surface area (Å²) in [5, 5.41) is 0. The van der Waals surface area contributed by atoms with Gasteiger partial charge in [0.25, 0.3) is 0 Å². The standard InChI is InChI=1S/C19H25N2P/c1-15-6-8-17(9-7-15)21(18-10-12-20(22)13-11-18)19-5-3-4-16(2)14-19/h3-9,14,18H,10-13,22H2,1-2H3. The number of aryl methyl sites for hydroxylation is 2. The Labute approximate surface area is 136 Å². The largest absolute Gasteiger partial charge is 0.338 e. The first-order valence-corrected chi connectivity index (χ1v) is 8.57. The molecule has 0 aliphatic carbocycles. The van der Waals surface area contributed by atoms with Crippen molar-refractivity contribution in [3.8, 4) is 0 Å². The average Bonchev–Trinajstić information content (AvgIpc) is 2.51. The van der Waals surface area contributed by atoms with E-state index in [2.05, 4.69) is 81.3 Å². The Morgan fingerprint density at radius 2 is 1.59 bits per heavy atom. The van der Waals surface area contributed by atoms with Crippen LogP contribution in [-0.2, 0) is 0 Å². The van der Waals surface area contributed by atoms with E-state index in [0.29, 0.717) is 6.04 Å². The van der Waals surface area contributed by atoms with Crippen LogP contribution in [0.3, 0.4) is 0 Å². The molecule has 2 aromatic rings. The van der Waals surface area contributed by atoms with Crippen LogP contribution in [0.1, 0.15) is 24.0 Å². The van der Waals surface area contributed by atoms with E-state index in [4.69, 9.17) is 0 Å². The molecule has 116 valence electrons. The van der Waals surface area contributed by atoms with Gasteiger partial charge in [0.1, 0.15) is 0 Å². The van der Waals surface area contributed by atoms with Crippen molar-refractivity contribution in [3.05, 3.63) is 59.7 Å². The zero-order valence-electron chi connectivity index (χ0n) is 13.5. The lowest BCUT2D eigenvalue weighted by Crippen LogP contribution is -2.40. The number of piperidine rings is 1. The molecule has 1 unspecified atom stereocenters. The average molecular weight is 312 g/mol. The van der Waals surface area contributed by atoms with Crippen LogP contribution in [0.4, 0.5) is 11.4 Å². The highest BCUT2D eigenvalue weighted by molar-refractivity contribution is 7.13. The maximum Gasteiger partial charge on any atom is 0.0416 e. The second-order valence-corrected chi connectivity index (χ2v) is 7.04. The molecule has 22 heavy (non-hydrogen) atoms. The molecule has 0 saturated carbocycles. The maximum absolute atomic E-state index is 2.84. The van der Waals surface area contributed by atoms with E-state index in [1.165, 1.54) is 35.3 Å². The molecule has 0 radical (unpaired) electrons. The summed E-state index contributed by atoms with van der Waals surface area (Å²) in [7, 11) is 2.84. The van der Waals surface area contributed by atoms with E-state index in [0.717, 1.165) is 13.1 Å². The molecule has 1 aliphatic heterocycles. The topological polar surface area (TPSA) is 6.48 Å². The number of benzene rings is 2. The zero-order valence-corrected chi connectivity index (χ0v) is 14.7. The molecule has 0 N–H and O–H groups in total. The molecule has 2 nitrogen and oxygen atoms in total. The molecule has 3 heteroatoms. The molecule has 1 aliphatic rings. The van der Waals surface area contributed by atoms with Gasteiger partial charge in [0.05, 0.1) is 0 Å². The van der Waals surface area contributed by atoms with Gasteiger partial charge in [0.15, 0.2) is 0 Å². The molecular formula is C19H25N2P. The minimum Gasteiger partial charge on any atom is -0.338 e. The van der Waals surface area contributed by atoms with Crippen molar-refractivity contribution in [2.24, 2.45) is 0 Å². The van der Waals surface area contributed by atoms with Crippen molar-refractivity contribution >= 4 is 20.8 Å². The fraction of sp³-hybridized carbons (Fsp3) is 0.368.